The lowest BCUT2D eigenvalue weighted by Crippen LogP contribution is -2.44. The Labute approximate surface area is 132 Å². The van der Waals surface area contributed by atoms with Crippen molar-refractivity contribution in [3.63, 3.8) is 0 Å². The number of nitrogens with zero attached hydrogens (tertiary/aromatic N) is 1. The summed E-state index contributed by atoms with van der Waals surface area (Å²) >= 11 is 0. The average molecular weight is 296 g/mol. The number of urea groups is 1. The van der Waals surface area contributed by atoms with Crippen LogP contribution in [0.3, 0.4) is 0 Å². The highest BCUT2D eigenvalue weighted by molar-refractivity contribution is 5.85. The maximum Gasteiger partial charge on any atom is 0.317 e. The number of piperidine rings is 1. The minimum atomic E-state index is 0.0899. The molecule has 0 saturated carbocycles. The molecule has 3 rings (SSSR count). The van der Waals surface area contributed by atoms with Crippen LogP contribution in [0.1, 0.15) is 25.3 Å². The number of carbonyl (C=O) groups excluding carboxylic acids is 1. The van der Waals surface area contributed by atoms with Crippen LogP contribution in [0.2, 0.25) is 0 Å². The number of hydrogen-bond donors (Lipinski definition) is 1. The molecule has 0 aliphatic carbocycles. The zero-order valence-corrected chi connectivity index (χ0v) is 13.2. The van der Waals surface area contributed by atoms with E-state index in [1.807, 2.05) is 4.90 Å². The van der Waals surface area contributed by atoms with E-state index in [4.69, 9.17) is 0 Å². The first-order valence-electron chi connectivity index (χ1n) is 8.23. The lowest BCUT2D eigenvalue weighted by Gasteiger charge is -2.30. The summed E-state index contributed by atoms with van der Waals surface area (Å²) in [5, 5.41) is 5.61. The summed E-state index contributed by atoms with van der Waals surface area (Å²) in [6.45, 7) is 4.73. The van der Waals surface area contributed by atoms with Gasteiger partial charge in [0.2, 0.25) is 0 Å². The van der Waals surface area contributed by atoms with Gasteiger partial charge in [0.15, 0.2) is 0 Å². The first-order valence-corrected chi connectivity index (χ1v) is 8.23. The fourth-order valence-electron chi connectivity index (χ4n) is 3.14. The number of nitrogens with one attached hydrogen (secondary N) is 1. The minimum Gasteiger partial charge on any atom is -0.338 e. The Morgan fingerprint density at radius 1 is 1.14 bits per heavy atom. The van der Waals surface area contributed by atoms with Gasteiger partial charge in [-0.05, 0) is 41.5 Å². The van der Waals surface area contributed by atoms with E-state index in [-0.39, 0.29) is 6.03 Å². The SMILES string of the molecule is CC1CCN(C(=O)NCCc2cccc3ccccc23)CC1. The fraction of sp³-hybridized carbons (Fsp3) is 0.421. The molecule has 1 aliphatic heterocycles. The van der Waals surface area contributed by atoms with Crippen LogP contribution in [0.4, 0.5) is 4.79 Å². The molecule has 1 N–H and O–H groups in total. The zero-order chi connectivity index (χ0) is 15.4. The van der Waals surface area contributed by atoms with E-state index >= 15 is 0 Å². The number of fused-ring (bicyclic) bond motifs is 1. The van der Waals surface area contributed by atoms with E-state index in [2.05, 4.69) is 54.7 Å². The second kappa shape index (κ2) is 6.82. The third kappa shape index (κ3) is 3.41. The monoisotopic (exact) mass is 296 g/mol. The first kappa shape index (κ1) is 14.9. The molecule has 2 amide bonds. The van der Waals surface area contributed by atoms with E-state index in [1.165, 1.54) is 16.3 Å². The van der Waals surface area contributed by atoms with Crippen molar-refractivity contribution in [2.45, 2.75) is 26.2 Å². The van der Waals surface area contributed by atoms with Gasteiger partial charge in [0, 0.05) is 19.6 Å². The number of amides is 2. The lowest BCUT2D eigenvalue weighted by atomic mass is 10.00. The van der Waals surface area contributed by atoms with Gasteiger partial charge in [0.25, 0.3) is 0 Å². The Kier molecular flexibility index (Phi) is 4.62. The van der Waals surface area contributed by atoms with Crippen molar-refractivity contribution in [2.75, 3.05) is 19.6 Å². The van der Waals surface area contributed by atoms with E-state index in [0.29, 0.717) is 6.54 Å². The highest BCUT2D eigenvalue weighted by Gasteiger charge is 2.19. The van der Waals surface area contributed by atoms with E-state index in [0.717, 1.165) is 38.3 Å². The molecule has 1 fully saturated rings. The van der Waals surface area contributed by atoms with Crippen molar-refractivity contribution in [1.82, 2.24) is 10.2 Å². The number of likely N-dealkylation sites (tertiary alicyclic amines) is 1. The molecule has 2 aromatic rings. The molecule has 0 aromatic heterocycles. The normalized spacial score (nSPS) is 16.0. The average Bonchev–Trinajstić information content (AvgIpc) is 2.55. The van der Waals surface area contributed by atoms with E-state index in [1.54, 1.807) is 0 Å². The second-order valence-corrected chi connectivity index (χ2v) is 6.29. The topological polar surface area (TPSA) is 32.3 Å². The number of carbonyl (C=O) groups is 1. The van der Waals surface area contributed by atoms with Crippen molar-refractivity contribution < 1.29 is 4.79 Å². The number of rotatable bonds is 3. The van der Waals surface area contributed by atoms with Crippen molar-refractivity contribution in [3.8, 4) is 0 Å². The quantitative estimate of drug-likeness (QED) is 0.917. The van der Waals surface area contributed by atoms with Gasteiger partial charge < -0.3 is 10.2 Å². The molecule has 1 aliphatic rings. The highest BCUT2D eigenvalue weighted by atomic mass is 16.2. The number of benzene rings is 2. The standard InChI is InChI=1S/C19H24N2O/c1-15-10-13-21(14-11-15)19(22)20-12-9-17-7-4-6-16-5-2-3-8-18(16)17/h2-8,15H,9-14H2,1H3,(H,20,22). The van der Waals surface area contributed by atoms with Crippen molar-refractivity contribution in [1.29, 1.82) is 0 Å². The van der Waals surface area contributed by atoms with Gasteiger partial charge in [-0.2, -0.15) is 0 Å². The molecule has 3 nitrogen and oxygen atoms in total. The van der Waals surface area contributed by atoms with Crippen LogP contribution < -0.4 is 5.32 Å². The van der Waals surface area contributed by atoms with Crippen LogP contribution >= 0.6 is 0 Å². The van der Waals surface area contributed by atoms with Crippen LogP contribution in [0, 0.1) is 5.92 Å². The maximum absolute atomic E-state index is 12.2. The highest BCUT2D eigenvalue weighted by Crippen LogP contribution is 2.19. The molecule has 2 aromatic carbocycles. The molecular weight excluding hydrogens is 272 g/mol. The summed E-state index contributed by atoms with van der Waals surface area (Å²) in [5.74, 6) is 0.750. The molecular formula is C19H24N2O. The van der Waals surface area contributed by atoms with Gasteiger partial charge >= 0.3 is 6.03 Å². The van der Waals surface area contributed by atoms with Gasteiger partial charge in [-0.25, -0.2) is 4.79 Å². The van der Waals surface area contributed by atoms with Gasteiger partial charge in [-0.1, -0.05) is 49.4 Å². The molecule has 1 saturated heterocycles. The molecule has 0 atom stereocenters. The summed E-state index contributed by atoms with van der Waals surface area (Å²) in [5.41, 5.74) is 1.30. The summed E-state index contributed by atoms with van der Waals surface area (Å²) in [6, 6.07) is 14.9. The van der Waals surface area contributed by atoms with E-state index < -0.39 is 0 Å². The van der Waals surface area contributed by atoms with Crippen LogP contribution in [-0.2, 0) is 6.42 Å². The summed E-state index contributed by atoms with van der Waals surface area (Å²) in [7, 11) is 0. The van der Waals surface area contributed by atoms with Crippen LogP contribution in [-0.4, -0.2) is 30.6 Å². The molecule has 3 heteroatoms. The van der Waals surface area contributed by atoms with Crippen molar-refractivity contribution in [2.24, 2.45) is 5.92 Å². The van der Waals surface area contributed by atoms with Crippen molar-refractivity contribution >= 4 is 16.8 Å². The first-order chi connectivity index (χ1) is 10.7. The molecule has 0 spiro atoms. The predicted octanol–water partition coefficient (Wildman–Crippen LogP) is 3.82. The third-order valence-corrected chi connectivity index (χ3v) is 4.62. The Bertz CT molecular complexity index is 639. The maximum atomic E-state index is 12.2. The largest absolute Gasteiger partial charge is 0.338 e. The van der Waals surface area contributed by atoms with Gasteiger partial charge in [-0.3, -0.25) is 0 Å². The summed E-state index contributed by atoms with van der Waals surface area (Å²) in [6.07, 6.45) is 3.12. The molecule has 1 heterocycles. The molecule has 116 valence electrons. The number of hydrogen-bond acceptors (Lipinski definition) is 1. The van der Waals surface area contributed by atoms with Gasteiger partial charge in [-0.15, -0.1) is 0 Å². The van der Waals surface area contributed by atoms with Gasteiger partial charge in [0.05, 0.1) is 0 Å². The summed E-state index contributed by atoms with van der Waals surface area (Å²) < 4.78 is 0. The molecule has 0 radical (unpaired) electrons. The Morgan fingerprint density at radius 3 is 2.68 bits per heavy atom. The summed E-state index contributed by atoms with van der Waals surface area (Å²) in [4.78, 5) is 14.1. The molecule has 0 bridgehead atoms. The Hall–Kier alpha value is -2.03. The zero-order valence-electron chi connectivity index (χ0n) is 13.2. The van der Waals surface area contributed by atoms with E-state index in [9.17, 15) is 4.79 Å². The van der Waals surface area contributed by atoms with Crippen molar-refractivity contribution in [3.05, 3.63) is 48.0 Å². The molecule has 22 heavy (non-hydrogen) atoms. The molecule has 0 unspecified atom stereocenters. The fourth-order valence-corrected chi connectivity index (χ4v) is 3.14. The predicted molar refractivity (Wildman–Crippen MR) is 91.0 cm³/mol. The third-order valence-electron chi connectivity index (χ3n) is 4.62. The Morgan fingerprint density at radius 2 is 1.86 bits per heavy atom. The van der Waals surface area contributed by atoms with Gasteiger partial charge in [0.1, 0.15) is 0 Å². The van der Waals surface area contributed by atoms with Crippen LogP contribution in [0.25, 0.3) is 10.8 Å². The second-order valence-electron chi connectivity index (χ2n) is 6.29. The minimum absolute atomic E-state index is 0.0899. The smallest absolute Gasteiger partial charge is 0.317 e. The van der Waals surface area contributed by atoms with Crippen LogP contribution in [0.5, 0.6) is 0 Å². The lowest BCUT2D eigenvalue weighted by molar-refractivity contribution is 0.174. The van der Waals surface area contributed by atoms with Crippen LogP contribution in [0.15, 0.2) is 42.5 Å². The Balaban J connectivity index is 1.55.